The summed E-state index contributed by atoms with van der Waals surface area (Å²) in [6.07, 6.45) is 2.10. The van der Waals surface area contributed by atoms with Gasteiger partial charge in [0.1, 0.15) is 0 Å². The van der Waals surface area contributed by atoms with E-state index in [0.29, 0.717) is 52.4 Å². The fourth-order valence-electron chi connectivity index (χ4n) is 3.68. The van der Waals surface area contributed by atoms with Crippen molar-refractivity contribution in [3.05, 3.63) is 0 Å². The Labute approximate surface area is 185 Å². The third kappa shape index (κ3) is 14.0. The molecule has 0 radical (unpaired) electrons. The zero-order valence-electron chi connectivity index (χ0n) is 19.3. The van der Waals surface area contributed by atoms with Crippen LogP contribution in [0, 0.1) is 5.41 Å². The summed E-state index contributed by atoms with van der Waals surface area (Å²) >= 11 is 0. The van der Waals surface area contributed by atoms with Crippen LogP contribution in [0.15, 0.2) is 0 Å². The molecule has 0 saturated carbocycles. The predicted octanol–water partition coefficient (Wildman–Crippen LogP) is 0.288. The van der Waals surface area contributed by atoms with Gasteiger partial charge in [0.25, 0.3) is 0 Å². The molecule has 0 spiro atoms. The van der Waals surface area contributed by atoms with Gasteiger partial charge in [0.15, 0.2) is 0 Å². The van der Waals surface area contributed by atoms with E-state index in [0.717, 1.165) is 19.4 Å². The van der Waals surface area contributed by atoms with Crippen molar-refractivity contribution in [2.24, 2.45) is 5.41 Å². The maximum atomic E-state index is 11.3. The van der Waals surface area contributed by atoms with Crippen molar-refractivity contribution in [2.75, 3.05) is 78.5 Å². The van der Waals surface area contributed by atoms with Crippen LogP contribution in [0.1, 0.15) is 33.6 Å². The van der Waals surface area contributed by atoms with Crippen LogP contribution in [-0.2, 0) is 14.4 Å². The standard InChI is InChI=1S/C21H40N4O6/c1-21(2,3)5-4-6-22-7-9-23(15-18(26)27)11-13-25(17-20(30)31)14-12-24(10-8-22)16-19(28)29/h4-17H2,1-3H3,(H,26,27)(H,28,29)(H,30,31). The Bertz CT molecular complexity index is 549. The molecule has 31 heavy (non-hydrogen) atoms. The number of aliphatic carboxylic acids is 3. The molecule has 1 rings (SSSR count). The number of carboxylic acids is 3. The molecule has 1 heterocycles. The number of nitrogens with zero attached hydrogens (tertiary/aromatic N) is 4. The number of carbonyl (C=O) groups is 3. The Morgan fingerprint density at radius 2 is 0.903 bits per heavy atom. The lowest BCUT2D eigenvalue weighted by atomic mass is 9.90. The number of hydrogen-bond donors (Lipinski definition) is 3. The van der Waals surface area contributed by atoms with E-state index < -0.39 is 17.9 Å². The summed E-state index contributed by atoms with van der Waals surface area (Å²) in [6, 6.07) is 0. The summed E-state index contributed by atoms with van der Waals surface area (Å²) in [7, 11) is 0. The molecule has 0 atom stereocenters. The van der Waals surface area contributed by atoms with Gasteiger partial charge in [-0.1, -0.05) is 20.8 Å². The molecule has 180 valence electrons. The maximum absolute atomic E-state index is 11.3. The van der Waals surface area contributed by atoms with Gasteiger partial charge in [-0.15, -0.1) is 0 Å². The number of rotatable bonds is 9. The SMILES string of the molecule is CC(C)(C)CCCN1CCN(CC(=O)O)CCN(CC(=O)O)CCN(CC(=O)O)CC1. The van der Waals surface area contributed by atoms with Gasteiger partial charge in [0.05, 0.1) is 19.6 Å². The average Bonchev–Trinajstić information content (AvgIpc) is 2.61. The second-order valence-corrected chi connectivity index (χ2v) is 9.52. The lowest BCUT2D eigenvalue weighted by Gasteiger charge is -2.33. The molecule has 10 nitrogen and oxygen atoms in total. The van der Waals surface area contributed by atoms with Gasteiger partial charge >= 0.3 is 17.9 Å². The first-order valence-corrected chi connectivity index (χ1v) is 11.0. The van der Waals surface area contributed by atoms with Crippen molar-refractivity contribution < 1.29 is 29.7 Å². The molecule has 1 saturated heterocycles. The molecule has 0 aromatic rings. The van der Waals surface area contributed by atoms with Crippen molar-refractivity contribution in [1.82, 2.24) is 19.6 Å². The van der Waals surface area contributed by atoms with E-state index in [1.165, 1.54) is 0 Å². The van der Waals surface area contributed by atoms with Crippen molar-refractivity contribution in [2.45, 2.75) is 33.6 Å². The Kier molecular flexibility index (Phi) is 12.0. The largest absolute Gasteiger partial charge is 0.480 e. The highest BCUT2D eigenvalue weighted by molar-refractivity contribution is 5.69. The smallest absolute Gasteiger partial charge is 0.317 e. The zero-order valence-corrected chi connectivity index (χ0v) is 19.3. The number of hydrogen-bond acceptors (Lipinski definition) is 7. The van der Waals surface area contributed by atoms with Crippen LogP contribution in [-0.4, -0.2) is 131 Å². The fourth-order valence-corrected chi connectivity index (χ4v) is 3.68. The van der Waals surface area contributed by atoms with Crippen LogP contribution in [0.4, 0.5) is 0 Å². The zero-order chi connectivity index (χ0) is 23.4. The lowest BCUT2D eigenvalue weighted by Crippen LogP contribution is -2.48. The molecular formula is C21H40N4O6. The minimum Gasteiger partial charge on any atom is -0.480 e. The summed E-state index contributed by atoms with van der Waals surface area (Å²) in [6.45, 7) is 11.4. The first-order chi connectivity index (χ1) is 14.4. The average molecular weight is 445 g/mol. The molecule has 0 unspecified atom stereocenters. The van der Waals surface area contributed by atoms with Crippen LogP contribution in [0.2, 0.25) is 0 Å². The van der Waals surface area contributed by atoms with Crippen molar-refractivity contribution in [1.29, 1.82) is 0 Å². The minimum absolute atomic E-state index is 0.0815. The molecular weight excluding hydrogens is 404 g/mol. The third-order valence-electron chi connectivity index (χ3n) is 5.41. The van der Waals surface area contributed by atoms with Crippen LogP contribution >= 0.6 is 0 Å². The summed E-state index contributed by atoms with van der Waals surface area (Å²) in [5.74, 6) is -2.75. The van der Waals surface area contributed by atoms with Gasteiger partial charge < -0.3 is 20.2 Å². The third-order valence-corrected chi connectivity index (χ3v) is 5.41. The minimum atomic E-state index is -0.952. The monoisotopic (exact) mass is 444 g/mol. The first kappa shape index (κ1) is 27.3. The molecule has 1 aliphatic heterocycles. The van der Waals surface area contributed by atoms with Crippen molar-refractivity contribution in [3.63, 3.8) is 0 Å². The normalized spacial score (nSPS) is 19.5. The fraction of sp³-hybridized carbons (Fsp3) is 0.857. The van der Waals surface area contributed by atoms with Gasteiger partial charge in [-0.25, -0.2) is 0 Å². The molecule has 0 aliphatic carbocycles. The van der Waals surface area contributed by atoms with Gasteiger partial charge in [0.2, 0.25) is 0 Å². The summed E-state index contributed by atoms with van der Waals surface area (Å²) < 4.78 is 0. The summed E-state index contributed by atoms with van der Waals surface area (Å²) in [4.78, 5) is 41.5. The van der Waals surface area contributed by atoms with Crippen LogP contribution in [0.3, 0.4) is 0 Å². The van der Waals surface area contributed by atoms with Crippen LogP contribution in [0.5, 0.6) is 0 Å². The second kappa shape index (κ2) is 13.6. The molecule has 3 N–H and O–H groups in total. The van der Waals surface area contributed by atoms with Crippen LogP contribution < -0.4 is 0 Å². The second-order valence-electron chi connectivity index (χ2n) is 9.52. The Morgan fingerprint density at radius 1 is 0.613 bits per heavy atom. The van der Waals surface area contributed by atoms with E-state index in [2.05, 4.69) is 25.7 Å². The van der Waals surface area contributed by atoms with Crippen LogP contribution in [0.25, 0.3) is 0 Å². The topological polar surface area (TPSA) is 125 Å². The van der Waals surface area contributed by atoms with E-state index in [1.807, 2.05) is 9.80 Å². The Balaban J connectivity index is 2.87. The summed E-state index contributed by atoms with van der Waals surface area (Å²) in [5.41, 5.74) is 0.241. The molecule has 0 amide bonds. The lowest BCUT2D eigenvalue weighted by molar-refractivity contribution is -0.140. The first-order valence-electron chi connectivity index (χ1n) is 11.0. The Morgan fingerprint density at radius 3 is 1.16 bits per heavy atom. The molecule has 1 aliphatic rings. The Hall–Kier alpha value is -1.75. The van der Waals surface area contributed by atoms with E-state index in [-0.39, 0.29) is 25.0 Å². The highest BCUT2D eigenvalue weighted by Gasteiger charge is 2.20. The molecule has 0 aromatic carbocycles. The van der Waals surface area contributed by atoms with Gasteiger partial charge in [-0.2, -0.15) is 0 Å². The van der Waals surface area contributed by atoms with E-state index in [9.17, 15) is 29.7 Å². The maximum Gasteiger partial charge on any atom is 0.317 e. The van der Waals surface area contributed by atoms with E-state index in [1.54, 1.807) is 4.90 Å². The predicted molar refractivity (Wildman–Crippen MR) is 117 cm³/mol. The van der Waals surface area contributed by atoms with Crippen molar-refractivity contribution in [3.8, 4) is 0 Å². The highest BCUT2D eigenvalue weighted by atomic mass is 16.4. The summed E-state index contributed by atoms with van der Waals surface area (Å²) in [5, 5.41) is 27.7. The van der Waals surface area contributed by atoms with E-state index in [4.69, 9.17) is 0 Å². The number of carboxylic acid groups (broad SMARTS) is 3. The highest BCUT2D eigenvalue weighted by Crippen LogP contribution is 2.20. The molecule has 1 fully saturated rings. The molecule has 0 bridgehead atoms. The van der Waals surface area contributed by atoms with Crippen molar-refractivity contribution >= 4 is 17.9 Å². The van der Waals surface area contributed by atoms with E-state index >= 15 is 0 Å². The van der Waals surface area contributed by atoms with Gasteiger partial charge in [-0.05, 0) is 24.8 Å². The quantitative estimate of drug-likeness (QED) is 0.457. The molecule has 10 heteroatoms. The van der Waals surface area contributed by atoms with Gasteiger partial charge in [-0.3, -0.25) is 29.1 Å². The van der Waals surface area contributed by atoms with Gasteiger partial charge in [0, 0.05) is 52.4 Å². The molecule has 0 aromatic heterocycles.